The zero-order valence-corrected chi connectivity index (χ0v) is 13.1. The number of methoxy groups -OCH3 is 1. The molecule has 1 spiro atoms. The van der Waals surface area contributed by atoms with E-state index in [9.17, 15) is 0 Å². The lowest BCUT2D eigenvalue weighted by Gasteiger charge is -2.38. The van der Waals surface area contributed by atoms with E-state index < -0.39 is 0 Å². The summed E-state index contributed by atoms with van der Waals surface area (Å²) in [5.74, 6) is 3.01. The van der Waals surface area contributed by atoms with Crippen LogP contribution in [-0.2, 0) is 9.47 Å². The molecule has 1 aromatic carbocycles. The summed E-state index contributed by atoms with van der Waals surface area (Å²) in [5.41, 5.74) is 2.68. The van der Waals surface area contributed by atoms with Crippen LogP contribution in [0.3, 0.4) is 0 Å². The van der Waals surface area contributed by atoms with E-state index in [2.05, 4.69) is 23.1 Å². The zero-order chi connectivity index (χ0) is 15.2. The van der Waals surface area contributed by atoms with Crippen LogP contribution in [0.1, 0.15) is 36.0 Å². The fourth-order valence-electron chi connectivity index (χ4n) is 5.41. The first-order valence-corrected chi connectivity index (χ1v) is 8.41. The molecule has 0 radical (unpaired) electrons. The highest BCUT2D eigenvalue weighted by molar-refractivity contribution is 5.56. The molecule has 4 atom stereocenters. The van der Waals surface area contributed by atoms with Crippen LogP contribution in [0.5, 0.6) is 11.5 Å². The van der Waals surface area contributed by atoms with Crippen LogP contribution in [0.15, 0.2) is 24.0 Å². The lowest BCUT2D eigenvalue weighted by atomic mass is 9.76. The molecule has 4 bridgehead atoms. The van der Waals surface area contributed by atoms with Crippen molar-refractivity contribution in [2.75, 3.05) is 27.0 Å². The molecule has 1 aromatic rings. The Morgan fingerprint density at radius 2 is 2.04 bits per heavy atom. The molecule has 0 saturated carbocycles. The molecule has 0 aromatic heterocycles. The molecule has 7 rings (SSSR count). The van der Waals surface area contributed by atoms with Gasteiger partial charge in [-0.3, -0.25) is 4.90 Å². The predicted octanol–water partition coefficient (Wildman–Crippen LogP) is 2.33. The molecule has 2 saturated heterocycles. The lowest BCUT2D eigenvalue weighted by molar-refractivity contribution is -0.0304. The summed E-state index contributed by atoms with van der Waals surface area (Å²) < 4.78 is 23.4. The highest BCUT2D eigenvalue weighted by atomic mass is 16.7. The van der Waals surface area contributed by atoms with Gasteiger partial charge in [0.2, 0.25) is 6.79 Å². The van der Waals surface area contributed by atoms with Gasteiger partial charge in [-0.2, -0.15) is 0 Å². The number of fused-ring (bicyclic) bond motifs is 1. The van der Waals surface area contributed by atoms with Gasteiger partial charge in [0.15, 0.2) is 11.5 Å². The average Bonchev–Trinajstić information content (AvgIpc) is 3.21. The van der Waals surface area contributed by atoms with Gasteiger partial charge in [-0.15, -0.1) is 0 Å². The average molecular weight is 313 g/mol. The number of rotatable bonds is 1. The topological polar surface area (TPSA) is 40.2 Å². The summed E-state index contributed by atoms with van der Waals surface area (Å²) in [6, 6.07) is 4.33. The fraction of sp³-hybridized carbons (Fsp3) is 0.556. The molecule has 120 valence electrons. The van der Waals surface area contributed by atoms with Crippen molar-refractivity contribution in [3.8, 4) is 11.5 Å². The monoisotopic (exact) mass is 313 g/mol. The van der Waals surface area contributed by atoms with Crippen LogP contribution in [-0.4, -0.2) is 43.5 Å². The number of hydrogen-bond acceptors (Lipinski definition) is 5. The largest absolute Gasteiger partial charge is 0.499 e. The second-order valence-corrected chi connectivity index (χ2v) is 7.15. The van der Waals surface area contributed by atoms with E-state index >= 15 is 0 Å². The van der Waals surface area contributed by atoms with Crippen LogP contribution in [0.4, 0.5) is 0 Å². The molecular weight excluding hydrogens is 294 g/mol. The number of benzene rings is 1. The summed E-state index contributed by atoms with van der Waals surface area (Å²) in [5, 5.41) is 0. The van der Waals surface area contributed by atoms with Gasteiger partial charge in [0.1, 0.15) is 11.9 Å². The molecule has 0 amide bonds. The fourth-order valence-corrected chi connectivity index (χ4v) is 5.41. The minimum Gasteiger partial charge on any atom is -0.499 e. The smallest absolute Gasteiger partial charge is 0.231 e. The van der Waals surface area contributed by atoms with E-state index in [-0.39, 0.29) is 17.7 Å². The van der Waals surface area contributed by atoms with E-state index in [4.69, 9.17) is 18.9 Å². The first kappa shape index (κ1) is 12.7. The van der Waals surface area contributed by atoms with Crippen LogP contribution < -0.4 is 9.47 Å². The van der Waals surface area contributed by atoms with Crippen molar-refractivity contribution in [3.05, 3.63) is 35.1 Å². The van der Waals surface area contributed by atoms with E-state index in [1.807, 2.05) is 0 Å². The Morgan fingerprint density at radius 1 is 1.22 bits per heavy atom. The lowest BCUT2D eigenvalue weighted by Crippen LogP contribution is -2.45. The van der Waals surface area contributed by atoms with Crippen LogP contribution >= 0.6 is 0 Å². The molecule has 1 aliphatic carbocycles. The zero-order valence-electron chi connectivity index (χ0n) is 13.1. The van der Waals surface area contributed by atoms with Crippen molar-refractivity contribution >= 4 is 0 Å². The highest BCUT2D eigenvalue weighted by Crippen LogP contribution is 2.60. The molecule has 6 aliphatic rings. The maximum atomic E-state index is 6.49. The van der Waals surface area contributed by atoms with Crippen LogP contribution in [0.25, 0.3) is 0 Å². The van der Waals surface area contributed by atoms with Crippen molar-refractivity contribution in [3.63, 3.8) is 0 Å². The Morgan fingerprint density at radius 3 is 2.87 bits per heavy atom. The van der Waals surface area contributed by atoms with E-state index in [0.717, 1.165) is 30.3 Å². The molecule has 0 unspecified atom stereocenters. The third-order valence-electron chi connectivity index (χ3n) is 6.30. The Kier molecular flexibility index (Phi) is 2.22. The van der Waals surface area contributed by atoms with Gasteiger partial charge >= 0.3 is 0 Å². The minimum absolute atomic E-state index is 0.0287. The molecule has 5 heteroatoms. The van der Waals surface area contributed by atoms with Gasteiger partial charge in [0, 0.05) is 12.5 Å². The maximum Gasteiger partial charge on any atom is 0.231 e. The van der Waals surface area contributed by atoms with E-state index in [0.29, 0.717) is 12.7 Å². The Balaban J connectivity index is 1.61. The molecule has 5 aliphatic heterocycles. The Hall–Kier alpha value is -1.72. The van der Waals surface area contributed by atoms with Crippen molar-refractivity contribution < 1.29 is 18.9 Å². The third kappa shape index (κ3) is 1.37. The second kappa shape index (κ2) is 4.02. The number of nitrogens with zero attached hydrogens (tertiary/aromatic N) is 1. The van der Waals surface area contributed by atoms with Gasteiger partial charge in [-0.05, 0) is 48.7 Å². The van der Waals surface area contributed by atoms with Gasteiger partial charge in [0.25, 0.3) is 0 Å². The number of ether oxygens (including phenoxy) is 4. The first-order valence-electron chi connectivity index (χ1n) is 8.41. The minimum atomic E-state index is 0.0287. The molecular formula is C18H19NO4. The van der Waals surface area contributed by atoms with Gasteiger partial charge < -0.3 is 18.9 Å². The van der Waals surface area contributed by atoms with E-state index in [1.165, 1.54) is 24.0 Å². The Bertz CT molecular complexity index is 745. The number of hydrogen-bond donors (Lipinski definition) is 0. The van der Waals surface area contributed by atoms with Crippen molar-refractivity contribution in [1.29, 1.82) is 0 Å². The van der Waals surface area contributed by atoms with Crippen molar-refractivity contribution in [1.82, 2.24) is 4.90 Å². The maximum absolute atomic E-state index is 6.49. The van der Waals surface area contributed by atoms with Crippen LogP contribution in [0, 0.1) is 0 Å². The van der Waals surface area contributed by atoms with E-state index in [1.54, 1.807) is 7.11 Å². The molecule has 5 nitrogen and oxygen atoms in total. The normalized spacial score (nSPS) is 39.0. The summed E-state index contributed by atoms with van der Waals surface area (Å²) in [6.45, 7) is 2.40. The van der Waals surface area contributed by atoms with Crippen molar-refractivity contribution in [2.45, 2.75) is 36.5 Å². The van der Waals surface area contributed by atoms with Gasteiger partial charge in [-0.25, -0.2) is 0 Å². The Labute approximate surface area is 134 Å². The highest BCUT2D eigenvalue weighted by Gasteiger charge is 2.61. The molecule has 0 N–H and O–H groups in total. The summed E-state index contributed by atoms with van der Waals surface area (Å²) in [4.78, 5) is 2.61. The quantitative estimate of drug-likeness (QED) is 0.796. The SMILES string of the molecule is COC1=C[C@]23CCCN2C[C@@H]2O[C@H]1[C@H]3c1cc3c(cc12)OCO3. The molecule has 5 heterocycles. The predicted molar refractivity (Wildman–Crippen MR) is 81.6 cm³/mol. The standard InChI is InChI=1S/C18H19NO4/c1-20-14-7-18-3-2-4-19(18)8-15-10-5-12-13(22-9-21-12)6-11(10)16(18)17(14)23-15/h5-7,15-17H,2-4,8-9H2,1H3/t15-,16+,17+,18-/m0/s1. The third-order valence-corrected chi connectivity index (χ3v) is 6.30. The van der Waals surface area contributed by atoms with Gasteiger partial charge in [-0.1, -0.05) is 0 Å². The first-order chi connectivity index (χ1) is 11.3. The summed E-state index contributed by atoms with van der Waals surface area (Å²) in [7, 11) is 1.76. The summed E-state index contributed by atoms with van der Waals surface area (Å²) in [6.07, 6.45) is 4.86. The van der Waals surface area contributed by atoms with Gasteiger partial charge in [0.05, 0.1) is 18.8 Å². The molecule has 23 heavy (non-hydrogen) atoms. The van der Waals surface area contributed by atoms with Crippen LogP contribution in [0.2, 0.25) is 0 Å². The van der Waals surface area contributed by atoms with Crippen molar-refractivity contribution in [2.24, 2.45) is 0 Å². The molecule has 2 fully saturated rings. The second-order valence-electron chi connectivity index (χ2n) is 7.15. The summed E-state index contributed by atoms with van der Waals surface area (Å²) >= 11 is 0.